The molecule has 0 heterocycles. The molecule has 2 aromatic carbocycles. The summed E-state index contributed by atoms with van der Waals surface area (Å²) < 4.78 is 0. The molecular formula is C14H12N2O3. The number of non-ortho nitro benzene ring substituents is 1. The molecule has 0 unspecified atom stereocenters. The Bertz CT molecular complexity index is 621. The van der Waals surface area contributed by atoms with Crippen LogP contribution in [0.3, 0.4) is 0 Å². The maximum absolute atomic E-state index is 11.5. The fraction of sp³-hybridized carbons (Fsp3) is 0.0714. The second-order valence-electron chi connectivity index (χ2n) is 3.96. The third-order valence-corrected chi connectivity index (χ3v) is 2.76. The lowest BCUT2D eigenvalue weighted by atomic mass is 10.0. The van der Waals surface area contributed by atoms with E-state index in [2.05, 4.69) is 5.32 Å². The monoisotopic (exact) mass is 256 g/mol. The van der Waals surface area contributed by atoms with E-state index in [4.69, 9.17) is 0 Å². The Kier molecular flexibility index (Phi) is 3.56. The van der Waals surface area contributed by atoms with E-state index >= 15 is 0 Å². The van der Waals surface area contributed by atoms with Crippen molar-refractivity contribution in [2.75, 3.05) is 7.05 Å². The Morgan fingerprint density at radius 3 is 2.37 bits per heavy atom. The maximum atomic E-state index is 11.5. The van der Waals surface area contributed by atoms with Gasteiger partial charge in [-0.2, -0.15) is 0 Å². The number of carbonyl (C=O) groups excluding carboxylic acids is 1. The third kappa shape index (κ3) is 2.77. The average molecular weight is 256 g/mol. The van der Waals surface area contributed by atoms with Crippen molar-refractivity contribution < 1.29 is 9.72 Å². The van der Waals surface area contributed by atoms with Crippen LogP contribution in [0.1, 0.15) is 10.4 Å². The van der Waals surface area contributed by atoms with Gasteiger partial charge in [0.15, 0.2) is 0 Å². The standard InChI is InChI=1S/C14H12N2O3/c1-15-14(17)12-4-2-3-11(9-12)10-5-7-13(8-6-10)16(18)19/h2-9H,1H3,(H,15,17). The van der Waals surface area contributed by atoms with Gasteiger partial charge in [-0.05, 0) is 35.4 Å². The van der Waals surface area contributed by atoms with E-state index in [1.807, 2.05) is 6.07 Å². The summed E-state index contributed by atoms with van der Waals surface area (Å²) in [7, 11) is 1.57. The minimum absolute atomic E-state index is 0.0474. The Labute approximate surface area is 110 Å². The van der Waals surface area contributed by atoms with Crippen LogP contribution in [-0.2, 0) is 0 Å². The van der Waals surface area contributed by atoms with Crippen molar-refractivity contribution in [3.63, 3.8) is 0 Å². The van der Waals surface area contributed by atoms with Crippen LogP contribution in [0, 0.1) is 10.1 Å². The topological polar surface area (TPSA) is 72.2 Å². The molecule has 96 valence electrons. The molecule has 0 saturated carbocycles. The number of carbonyl (C=O) groups is 1. The fourth-order valence-electron chi connectivity index (χ4n) is 1.76. The zero-order valence-electron chi connectivity index (χ0n) is 10.3. The number of nitro groups is 1. The Hall–Kier alpha value is -2.69. The van der Waals surface area contributed by atoms with Crippen molar-refractivity contribution in [3.05, 3.63) is 64.2 Å². The normalized spacial score (nSPS) is 9.95. The van der Waals surface area contributed by atoms with E-state index in [1.165, 1.54) is 12.1 Å². The van der Waals surface area contributed by atoms with E-state index in [1.54, 1.807) is 37.4 Å². The van der Waals surface area contributed by atoms with Crippen LogP contribution in [0.25, 0.3) is 11.1 Å². The van der Waals surface area contributed by atoms with Crippen molar-refractivity contribution in [1.82, 2.24) is 5.32 Å². The van der Waals surface area contributed by atoms with E-state index in [0.717, 1.165) is 11.1 Å². The summed E-state index contributed by atoms with van der Waals surface area (Å²) in [6, 6.07) is 13.3. The summed E-state index contributed by atoms with van der Waals surface area (Å²) in [6.07, 6.45) is 0. The molecule has 1 N–H and O–H groups in total. The van der Waals surface area contributed by atoms with E-state index in [9.17, 15) is 14.9 Å². The highest BCUT2D eigenvalue weighted by atomic mass is 16.6. The molecule has 0 bridgehead atoms. The molecule has 0 atom stereocenters. The van der Waals surface area contributed by atoms with Gasteiger partial charge < -0.3 is 5.32 Å². The predicted octanol–water partition coefficient (Wildman–Crippen LogP) is 2.62. The molecule has 0 fully saturated rings. The van der Waals surface area contributed by atoms with Crippen LogP contribution in [0.4, 0.5) is 5.69 Å². The van der Waals surface area contributed by atoms with E-state index in [0.29, 0.717) is 5.56 Å². The number of hydrogen-bond donors (Lipinski definition) is 1. The minimum Gasteiger partial charge on any atom is -0.355 e. The fourth-order valence-corrected chi connectivity index (χ4v) is 1.76. The van der Waals surface area contributed by atoms with Gasteiger partial charge in [0.2, 0.25) is 0 Å². The lowest BCUT2D eigenvalue weighted by Crippen LogP contribution is -2.17. The first kappa shape index (κ1) is 12.8. The summed E-state index contributed by atoms with van der Waals surface area (Å²) in [4.78, 5) is 21.7. The summed E-state index contributed by atoms with van der Waals surface area (Å²) in [5, 5.41) is 13.1. The van der Waals surface area contributed by atoms with E-state index in [-0.39, 0.29) is 11.6 Å². The number of rotatable bonds is 3. The first-order valence-corrected chi connectivity index (χ1v) is 5.69. The summed E-state index contributed by atoms with van der Waals surface area (Å²) >= 11 is 0. The highest BCUT2D eigenvalue weighted by Crippen LogP contribution is 2.23. The van der Waals surface area contributed by atoms with Crippen LogP contribution in [0.2, 0.25) is 0 Å². The van der Waals surface area contributed by atoms with Gasteiger partial charge in [0, 0.05) is 24.7 Å². The smallest absolute Gasteiger partial charge is 0.269 e. The lowest BCUT2D eigenvalue weighted by Gasteiger charge is -2.04. The maximum Gasteiger partial charge on any atom is 0.269 e. The molecule has 5 heteroatoms. The van der Waals surface area contributed by atoms with Gasteiger partial charge in [-0.1, -0.05) is 12.1 Å². The van der Waals surface area contributed by atoms with Gasteiger partial charge in [0.05, 0.1) is 4.92 Å². The number of benzene rings is 2. The minimum atomic E-state index is -0.440. The van der Waals surface area contributed by atoms with Gasteiger partial charge in [-0.3, -0.25) is 14.9 Å². The van der Waals surface area contributed by atoms with Crippen molar-refractivity contribution in [2.45, 2.75) is 0 Å². The number of nitro benzene ring substituents is 1. The van der Waals surface area contributed by atoms with Gasteiger partial charge >= 0.3 is 0 Å². The van der Waals surface area contributed by atoms with Gasteiger partial charge in [-0.15, -0.1) is 0 Å². The SMILES string of the molecule is CNC(=O)c1cccc(-c2ccc([N+](=O)[O-])cc2)c1. The van der Waals surface area contributed by atoms with Crippen LogP contribution in [-0.4, -0.2) is 17.9 Å². The largest absolute Gasteiger partial charge is 0.355 e. The summed E-state index contributed by atoms with van der Waals surface area (Å²) in [5.41, 5.74) is 2.27. The molecule has 2 rings (SSSR count). The molecule has 5 nitrogen and oxygen atoms in total. The molecule has 2 aromatic rings. The first-order valence-electron chi connectivity index (χ1n) is 5.69. The predicted molar refractivity (Wildman–Crippen MR) is 71.9 cm³/mol. The zero-order chi connectivity index (χ0) is 13.8. The Morgan fingerprint density at radius 2 is 1.79 bits per heavy atom. The molecular weight excluding hydrogens is 244 g/mol. The molecule has 19 heavy (non-hydrogen) atoms. The molecule has 0 spiro atoms. The van der Waals surface area contributed by atoms with Crippen LogP contribution in [0.15, 0.2) is 48.5 Å². The molecule has 0 saturated heterocycles. The average Bonchev–Trinajstić information content (AvgIpc) is 2.46. The second kappa shape index (κ2) is 5.30. The van der Waals surface area contributed by atoms with Crippen molar-refractivity contribution in [3.8, 4) is 11.1 Å². The number of hydrogen-bond acceptors (Lipinski definition) is 3. The van der Waals surface area contributed by atoms with Crippen molar-refractivity contribution in [2.24, 2.45) is 0 Å². The van der Waals surface area contributed by atoms with E-state index < -0.39 is 4.92 Å². The molecule has 0 aromatic heterocycles. The lowest BCUT2D eigenvalue weighted by molar-refractivity contribution is -0.384. The number of nitrogens with zero attached hydrogens (tertiary/aromatic N) is 1. The highest BCUT2D eigenvalue weighted by molar-refractivity contribution is 5.95. The second-order valence-corrected chi connectivity index (χ2v) is 3.96. The molecule has 0 aliphatic heterocycles. The number of nitrogens with one attached hydrogen (secondary N) is 1. The van der Waals surface area contributed by atoms with Crippen molar-refractivity contribution >= 4 is 11.6 Å². The zero-order valence-corrected chi connectivity index (χ0v) is 10.3. The van der Waals surface area contributed by atoms with Crippen LogP contribution >= 0.6 is 0 Å². The van der Waals surface area contributed by atoms with Crippen LogP contribution in [0.5, 0.6) is 0 Å². The molecule has 0 aliphatic carbocycles. The van der Waals surface area contributed by atoms with Gasteiger partial charge in [0.1, 0.15) is 0 Å². The Morgan fingerprint density at radius 1 is 1.11 bits per heavy atom. The summed E-state index contributed by atoms with van der Waals surface area (Å²) in [6.45, 7) is 0. The third-order valence-electron chi connectivity index (χ3n) is 2.76. The highest BCUT2D eigenvalue weighted by Gasteiger charge is 2.07. The first-order chi connectivity index (χ1) is 9.11. The molecule has 1 amide bonds. The number of amides is 1. The molecule has 0 aliphatic rings. The van der Waals surface area contributed by atoms with Gasteiger partial charge in [0.25, 0.3) is 11.6 Å². The van der Waals surface area contributed by atoms with Crippen LogP contribution < -0.4 is 5.32 Å². The Balaban J connectivity index is 2.36. The quantitative estimate of drug-likeness (QED) is 0.677. The molecule has 0 radical (unpaired) electrons. The summed E-state index contributed by atoms with van der Waals surface area (Å²) in [5.74, 6) is -0.163. The van der Waals surface area contributed by atoms with Gasteiger partial charge in [-0.25, -0.2) is 0 Å². The van der Waals surface area contributed by atoms with Crippen molar-refractivity contribution in [1.29, 1.82) is 0 Å².